The van der Waals surface area contributed by atoms with E-state index in [1.165, 1.54) is 22.0 Å². The van der Waals surface area contributed by atoms with E-state index in [4.69, 9.17) is 4.74 Å². The lowest BCUT2D eigenvalue weighted by Gasteiger charge is -2.14. The van der Waals surface area contributed by atoms with Crippen molar-refractivity contribution >= 4 is 15.9 Å². The average molecular weight is 312 g/mol. The number of fused-ring (bicyclic) bond motifs is 1. The summed E-state index contributed by atoms with van der Waals surface area (Å²) < 4.78 is 6.93. The highest BCUT2D eigenvalue weighted by Crippen LogP contribution is 2.33. The van der Waals surface area contributed by atoms with Gasteiger partial charge in [-0.2, -0.15) is 0 Å². The highest BCUT2D eigenvalue weighted by molar-refractivity contribution is 9.10. The molecule has 0 fully saturated rings. The minimum absolute atomic E-state index is 0.570. The van der Waals surface area contributed by atoms with Crippen molar-refractivity contribution < 1.29 is 4.74 Å². The first-order valence-corrected chi connectivity index (χ1v) is 7.67. The molecule has 2 nitrogen and oxygen atoms in total. The molecule has 1 aliphatic heterocycles. The van der Waals surface area contributed by atoms with Gasteiger partial charge in [0, 0.05) is 16.9 Å². The summed E-state index contributed by atoms with van der Waals surface area (Å²) in [6, 6.07) is 4.96. The van der Waals surface area contributed by atoms with Crippen molar-refractivity contribution in [3.63, 3.8) is 0 Å². The third kappa shape index (κ3) is 3.48. The maximum Gasteiger partial charge on any atom is 0.125 e. The number of aryl methyl sites for hydroxylation is 1. The number of rotatable bonds is 6. The Hall–Kier alpha value is -0.540. The molecular formula is C15H22BrNO. The van der Waals surface area contributed by atoms with Crippen LogP contribution in [-0.4, -0.2) is 19.2 Å². The Kier molecular flexibility index (Phi) is 5.07. The van der Waals surface area contributed by atoms with Gasteiger partial charge in [-0.1, -0.05) is 22.9 Å². The van der Waals surface area contributed by atoms with Crippen LogP contribution in [0, 0.1) is 0 Å². The van der Waals surface area contributed by atoms with E-state index >= 15 is 0 Å². The van der Waals surface area contributed by atoms with Gasteiger partial charge in [0.25, 0.3) is 0 Å². The fraction of sp³-hybridized carbons (Fsp3) is 0.600. The van der Waals surface area contributed by atoms with Crippen molar-refractivity contribution in [3.8, 4) is 5.75 Å². The minimum atomic E-state index is 0.570. The fourth-order valence-electron chi connectivity index (χ4n) is 2.40. The normalized spacial score (nSPS) is 15.3. The van der Waals surface area contributed by atoms with E-state index < -0.39 is 0 Å². The molecule has 1 heterocycles. The predicted molar refractivity (Wildman–Crippen MR) is 79.4 cm³/mol. The van der Waals surface area contributed by atoms with Crippen molar-refractivity contribution in [2.45, 2.75) is 45.6 Å². The van der Waals surface area contributed by atoms with E-state index in [9.17, 15) is 0 Å². The van der Waals surface area contributed by atoms with Gasteiger partial charge in [-0.3, -0.25) is 0 Å². The van der Waals surface area contributed by atoms with Gasteiger partial charge in [-0.15, -0.1) is 0 Å². The first-order chi connectivity index (χ1) is 8.70. The number of hydrogen-bond acceptors (Lipinski definition) is 2. The molecular weight excluding hydrogens is 290 g/mol. The van der Waals surface area contributed by atoms with Gasteiger partial charge in [0.15, 0.2) is 0 Å². The topological polar surface area (TPSA) is 21.3 Å². The molecule has 0 aromatic heterocycles. The predicted octanol–water partition coefficient (Wildman–Crippen LogP) is 3.70. The quantitative estimate of drug-likeness (QED) is 0.865. The highest BCUT2D eigenvalue weighted by Gasteiger charge is 2.17. The van der Waals surface area contributed by atoms with E-state index in [1.54, 1.807) is 0 Å². The van der Waals surface area contributed by atoms with Crippen LogP contribution in [0.15, 0.2) is 16.6 Å². The third-order valence-corrected chi connectivity index (χ3v) is 3.87. The number of halogens is 1. The molecule has 2 rings (SSSR count). The van der Waals surface area contributed by atoms with Gasteiger partial charge < -0.3 is 10.1 Å². The number of hydrogen-bond donors (Lipinski definition) is 1. The van der Waals surface area contributed by atoms with Crippen molar-refractivity contribution in [3.05, 3.63) is 27.7 Å². The first kappa shape index (κ1) is 13.9. The molecule has 1 unspecified atom stereocenters. The summed E-state index contributed by atoms with van der Waals surface area (Å²) in [4.78, 5) is 0. The van der Waals surface area contributed by atoms with Crippen molar-refractivity contribution in [2.75, 3.05) is 13.2 Å². The maximum atomic E-state index is 5.76. The van der Waals surface area contributed by atoms with E-state index in [1.807, 2.05) is 0 Å². The molecule has 3 heteroatoms. The lowest BCUT2D eigenvalue weighted by atomic mass is 10.0. The van der Waals surface area contributed by atoms with E-state index in [0.717, 1.165) is 38.2 Å². The second-order valence-corrected chi connectivity index (χ2v) is 5.96. The van der Waals surface area contributed by atoms with Crippen LogP contribution in [0.2, 0.25) is 0 Å². The Labute approximate surface area is 118 Å². The van der Waals surface area contributed by atoms with Gasteiger partial charge >= 0.3 is 0 Å². The second-order valence-electron chi connectivity index (χ2n) is 5.05. The lowest BCUT2D eigenvalue weighted by molar-refractivity contribution is 0.352. The zero-order valence-corrected chi connectivity index (χ0v) is 12.8. The lowest BCUT2D eigenvalue weighted by Crippen LogP contribution is -2.27. The summed E-state index contributed by atoms with van der Waals surface area (Å²) in [7, 11) is 0. The molecule has 1 atom stereocenters. The number of benzene rings is 1. The van der Waals surface area contributed by atoms with Crippen LogP contribution < -0.4 is 10.1 Å². The van der Waals surface area contributed by atoms with E-state index in [0.29, 0.717) is 6.04 Å². The molecule has 1 aromatic carbocycles. The standard InChI is InChI=1S/C15H22BrNO/c1-3-7-17-11(2)4-5-12-9-14(16)10-13-6-8-18-15(12)13/h9-11,17H,3-8H2,1-2H3. The van der Waals surface area contributed by atoms with Crippen molar-refractivity contribution in [2.24, 2.45) is 0 Å². The smallest absolute Gasteiger partial charge is 0.125 e. The van der Waals surface area contributed by atoms with E-state index in [-0.39, 0.29) is 0 Å². The maximum absolute atomic E-state index is 5.76. The Morgan fingerprint density at radius 1 is 1.44 bits per heavy atom. The number of ether oxygens (including phenoxy) is 1. The van der Waals surface area contributed by atoms with Crippen LogP contribution in [0.4, 0.5) is 0 Å². The van der Waals surface area contributed by atoms with Gasteiger partial charge in [-0.25, -0.2) is 0 Å². The molecule has 100 valence electrons. The SMILES string of the molecule is CCCNC(C)CCc1cc(Br)cc2c1OCC2. The second kappa shape index (κ2) is 6.58. The fourth-order valence-corrected chi connectivity index (χ4v) is 2.95. The van der Waals surface area contributed by atoms with Gasteiger partial charge in [0.1, 0.15) is 5.75 Å². The molecule has 0 spiro atoms. The summed E-state index contributed by atoms with van der Waals surface area (Å²) in [5, 5.41) is 3.53. The van der Waals surface area contributed by atoms with Crippen LogP contribution in [-0.2, 0) is 12.8 Å². The van der Waals surface area contributed by atoms with Crippen LogP contribution >= 0.6 is 15.9 Å². The highest BCUT2D eigenvalue weighted by atomic mass is 79.9. The van der Waals surface area contributed by atoms with Gasteiger partial charge in [-0.05, 0) is 56.0 Å². The van der Waals surface area contributed by atoms with Crippen LogP contribution in [0.1, 0.15) is 37.8 Å². The van der Waals surface area contributed by atoms with Crippen LogP contribution in [0.5, 0.6) is 5.75 Å². The Morgan fingerprint density at radius 2 is 2.28 bits per heavy atom. The zero-order valence-electron chi connectivity index (χ0n) is 11.3. The average Bonchev–Trinajstić information content (AvgIpc) is 2.81. The molecule has 0 saturated carbocycles. The molecule has 1 N–H and O–H groups in total. The Morgan fingerprint density at radius 3 is 3.06 bits per heavy atom. The van der Waals surface area contributed by atoms with Gasteiger partial charge in [0.2, 0.25) is 0 Å². The molecule has 0 radical (unpaired) electrons. The largest absolute Gasteiger partial charge is 0.493 e. The van der Waals surface area contributed by atoms with Crippen LogP contribution in [0.25, 0.3) is 0 Å². The Balaban J connectivity index is 1.97. The van der Waals surface area contributed by atoms with Crippen molar-refractivity contribution in [1.29, 1.82) is 0 Å². The van der Waals surface area contributed by atoms with E-state index in [2.05, 4.69) is 47.2 Å². The monoisotopic (exact) mass is 311 g/mol. The van der Waals surface area contributed by atoms with Crippen molar-refractivity contribution in [1.82, 2.24) is 5.32 Å². The molecule has 0 saturated heterocycles. The summed E-state index contributed by atoms with van der Waals surface area (Å²) >= 11 is 3.59. The van der Waals surface area contributed by atoms with Gasteiger partial charge in [0.05, 0.1) is 6.61 Å². The van der Waals surface area contributed by atoms with Crippen LogP contribution in [0.3, 0.4) is 0 Å². The molecule has 0 aliphatic carbocycles. The molecule has 0 amide bonds. The molecule has 1 aliphatic rings. The summed E-state index contributed by atoms with van der Waals surface area (Å²) in [5.41, 5.74) is 2.70. The molecule has 0 bridgehead atoms. The third-order valence-electron chi connectivity index (χ3n) is 3.41. The summed E-state index contributed by atoms with van der Waals surface area (Å²) in [5.74, 6) is 1.14. The first-order valence-electron chi connectivity index (χ1n) is 6.88. The zero-order chi connectivity index (χ0) is 13.0. The summed E-state index contributed by atoms with van der Waals surface area (Å²) in [6.45, 7) is 6.40. The number of nitrogens with one attached hydrogen (secondary N) is 1. The minimum Gasteiger partial charge on any atom is -0.493 e. The molecule has 18 heavy (non-hydrogen) atoms. The molecule has 1 aromatic rings. The summed E-state index contributed by atoms with van der Waals surface area (Å²) in [6.07, 6.45) is 4.48. The Bertz CT molecular complexity index is 406.